The van der Waals surface area contributed by atoms with E-state index in [1.165, 1.54) is 0 Å². The SMILES string of the molecule is CCC1=CC(OP)CC1=O. The number of carbonyl (C=O) groups excluding carboxylic acids is 1. The molecule has 1 aliphatic carbocycles. The maximum absolute atomic E-state index is 11.0. The molecular formula is C7H11O2P. The van der Waals surface area contributed by atoms with Crippen LogP contribution in [-0.2, 0) is 9.32 Å². The smallest absolute Gasteiger partial charge is 0.161 e. The normalized spacial score (nSPS) is 25.2. The molecule has 0 N–H and O–H groups in total. The Labute approximate surface area is 62.9 Å². The standard InChI is InChI=1S/C7H11O2P/c1-2-5-3-6(9-10)4-7(5)8/h3,6H,2,4,10H2,1H3. The van der Waals surface area contributed by atoms with Gasteiger partial charge in [-0.3, -0.25) is 4.79 Å². The molecule has 56 valence electrons. The third-order valence-electron chi connectivity index (χ3n) is 1.69. The van der Waals surface area contributed by atoms with E-state index in [-0.39, 0.29) is 11.9 Å². The molecule has 0 aromatic carbocycles. The lowest BCUT2D eigenvalue weighted by molar-refractivity contribution is -0.115. The molecule has 2 nitrogen and oxygen atoms in total. The Hall–Kier alpha value is -0.200. The highest BCUT2D eigenvalue weighted by Crippen LogP contribution is 2.21. The summed E-state index contributed by atoms with van der Waals surface area (Å²) in [7, 11) is 2.18. The molecule has 0 radical (unpaired) electrons. The minimum atomic E-state index is 0.00690. The molecule has 0 aliphatic heterocycles. The van der Waals surface area contributed by atoms with Gasteiger partial charge in [-0.2, -0.15) is 0 Å². The van der Waals surface area contributed by atoms with Gasteiger partial charge in [0, 0.05) is 15.9 Å². The van der Waals surface area contributed by atoms with Crippen molar-refractivity contribution in [2.24, 2.45) is 0 Å². The predicted octanol–water partition coefficient (Wildman–Crippen LogP) is 1.47. The van der Waals surface area contributed by atoms with Gasteiger partial charge in [-0.05, 0) is 18.1 Å². The molecule has 0 aromatic heterocycles. The zero-order valence-electron chi connectivity index (χ0n) is 5.96. The minimum Gasteiger partial charge on any atom is -0.358 e. The predicted molar refractivity (Wildman–Crippen MR) is 42.6 cm³/mol. The van der Waals surface area contributed by atoms with Gasteiger partial charge in [-0.15, -0.1) is 0 Å². The lowest BCUT2D eigenvalue weighted by Crippen LogP contribution is -2.02. The molecule has 0 amide bonds. The van der Waals surface area contributed by atoms with Crippen molar-refractivity contribution in [2.45, 2.75) is 25.9 Å². The second-order valence-electron chi connectivity index (χ2n) is 2.35. The summed E-state index contributed by atoms with van der Waals surface area (Å²) in [6, 6.07) is 0. The summed E-state index contributed by atoms with van der Waals surface area (Å²) >= 11 is 0. The Balaban J connectivity index is 2.63. The van der Waals surface area contributed by atoms with Crippen LogP contribution in [0.2, 0.25) is 0 Å². The first-order valence-corrected chi connectivity index (χ1v) is 3.84. The fourth-order valence-electron chi connectivity index (χ4n) is 1.09. The molecule has 0 aromatic rings. The zero-order chi connectivity index (χ0) is 7.56. The first-order valence-electron chi connectivity index (χ1n) is 3.37. The minimum absolute atomic E-state index is 0.00690. The highest BCUT2D eigenvalue weighted by atomic mass is 31.0. The number of rotatable bonds is 2. The van der Waals surface area contributed by atoms with E-state index in [1.54, 1.807) is 0 Å². The first-order chi connectivity index (χ1) is 4.77. The molecular weight excluding hydrogens is 147 g/mol. The van der Waals surface area contributed by atoms with Gasteiger partial charge < -0.3 is 4.52 Å². The van der Waals surface area contributed by atoms with E-state index < -0.39 is 0 Å². The fourth-order valence-corrected chi connectivity index (χ4v) is 1.27. The van der Waals surface area contributed by atoms with Crippen molar-refractivity contribution < 1.29 is 9.32 Å². The molecule has 0 saturated carbocycles. The number of Topliss-reactive ketones (excluding diaryl/α,β-unsaturated/α-hetero) is 1. The van der Waals surface area contributed by atoms with Crippen LogP contribution < -0.4 is 0 Å². The van der Waals surface area contributed by atoms with Crippen LogP contribution in [0.1, 0.15) is 19.8 Å². The zero-order valence-corrected chi connectivity index (χ0v) is 7.12. The lowest BCUT2D eigenvalue weighted by Gasteiger charge is -1.99. The maximum Gasteiger partial charge on any atom is 0.161 e. The van der Waals surface area contributed by atoms with Crippen molar-refractivity contribution in [3.05, 3.63) is 11.6 Å². The van der Waals surface area contributed by atoms with E-state index in [4.69, 9.17) is 4.52 Å². The van der Waals surface area contributed by atoms with Crippen LogP contribution in [0.15, 0.2) is 11.6 Å². The van der Waals surface area contributed by atoms with Crippen molar-refractivity contribution in [1.29, 1.82) is 0 Å². The lowest BCUT2D eigenvalue weighted by atomic mass is 10.2. The Morgan fingerprint density at radius 2 is 2.60 bits per heavy atom. The molecule has 0 spiro atoms. The third kappa shape index (κ3) is 1.44. The number of hydrogen-bond acceptors (Lipinski definition) is 2. The summed E-state index contributed by atoms with van der Waals surface area (Å²) in [6.45, 7) is 1.98. The summed E-state index contributed by atoms with van der Waals surface area (Å²) < 4.78 is 4.93. The van der Waals surface area contributed by atoms with Gasteiger partial charge in [-0.25, -0.2) is 0 Å². The van der Waals surface area contributed by atoms with Crippen molar-refractivity contribution in [2.75, 3.05) is 0 Å². The third-order valence-corrected chi connectivity index (χ3v) is 2.04. The van der Waals surface area contributed by atoms with Crippen LogP contribution in [-0.4, -0.2) is 11.9 Å². The van der Waals surface area contributed by atoms with Crippen molar-refractivity contribution >= 4 is 15.2 Å². The van der Waals surface area contributed by atoms with E-state index >= 15 is 0 Å². The molecule has 1 aliphatic rings. The van der Waals surface area contributed by atoms with Crippen molar-refractivity contribution in [3.8, 4) is 0 Å². The summed E-state index contributed by atoms with van der Waals surface area (Å²) in [6.07, 6.45) is 3.25. The van der Waals surface area contributed by atoms with E-state index in [0.717, 1.165) is 12.0 Å². The van der Waals surface area contributed by atoms with E-state index in [9.17, 15) is 4.79 Å². The largest absolute Gasteiger partial charge is 0.358 e. The molecule has 2 unspecified atom stereocenters. The Kier molecular flexibility index (Phi) is 2.58. The maximum atomic E-state index is 11.0. The average molecular weight is 158 g/mol. The molecule has 0 bridgehead atoms. The summed E-state index contributed by atoms with van der Waals surface area (Å²) in [5.74, 6) is 0.231. The molecule has 2 atom stereocenters. The summed E-state index contributed by atoms with van der Waals surface area (Å²) in [5.41, 5.74) is 0.910. The van der Waals surface area contributed by atoms with Crippen LogP contribution in [0.5, 0.6) is 0 Å². The number of ketones is 1. The van der Waals surface area contributed by atoms with E-state index in [0.29, 0.717) is 6.42 Å². The Morgan fingerprint density at radius 1 is 1.90 bits per heavy atom. The molecule has 0 heterocycles. The van der Waals surface area contributed by atoms with Gasteiger partial charge in [0.1, 0.15) is 0 Å². The number of hydrogen-bond donors (Lipinski definition) is 0. The highest BCUT2D eigenvalue weighted by Gasteiger charge is 2.21. The van der Waals surface area contributed by atoms with Crippen LogP contribution in [0, 0.1) is 0 Å². The molecule has 10 heavy (non-hydrogen) atoms. The molecule has 0 fully saturated rings. The van der Waals surface area contributed by atoms with Crippen LogP contribution in [0.25, 0.3) is 0 Å². The Morgan fingerprint density at radius 3 is 2.90 bits per heavy atom. The molecule has 0 saturated heterocycles. The second-order valence-corrected chi connectivity index (χ2v) is 2.62. The van der Waals surface area contributed by atoms with E-state index in [2.05, 4.69) is 9.47 Å². The quantitative estimate of drug-likeness (QED) is 0.569. The molecule has 3 heteroatoms. The fraction of sp³-hybridized carbons (Fsp3) is 0.571. The van der Waals surface area contributed by atoms with Crippen LogP contribution in [0.4, 0.5) is 0 Å². The number of carbonyl (C=O) groups is 1. The summed E-state index contributed by atoms with van der Waals surface area (Å²) in [4.78, 5) is 11.0. The Bertz CT molecular complexity index is 174. The molecule has 1 rings (SSSR count). The summed E-state index contributed by atoms with van der Waals surface area (Å²) in [5, 5.41) is 0. The van der Waals surface area contributed by atoms with Crippen LogP contribution >= 0.6 is 9.47 Å². The van der Waals surface area contributed by atoms with Gasteiger partial charge >= 0.3 is 0 Å². The topological polar surface area (TPSA) is 26.3 Å². The van der Waals surface area contributed by atoms with Gasteiger partial charge in [0.25, 0.3) is 0 Å². The van der Waals surface area contributed by atoms with Crippen molar-refractivity contribution in [1.82, 2.24) is 0 Å². The monoisotopic (exact) mass is 158 g/mol. The van der Waals surface area contributed by atoms with Gasteiger partial charge in [0.2, 0.25) is 0 Å². The van der Waals surface area contributed by atoms with Gasteiger partial charge in [-0.1, -0.05) is 6.92 Å². The first kappa shape index (κ1) is 7.90. The van der Waals surface area contributed by atoms with E-state index in [1.807, 2.05) is 13.0 Å². The highest BCUT2D eigenvalue weighted by molar-refractivity contribution is 7.09. The average Bonchev–Trinajstić information content (AvgIpc) is 2.30. The van der Waals surface area contributed by atoms with Gasteiger partial charge in [0.05, 0.1) is 6.10 Å². The van der Waals surface area contributed by atoms with Crippen LogP contribution in [0.3, 0.4) is 0 Å². The van der Waals surface area contributed by atoms with Gasteiger partial charge in [0.15, 0.2) is 5.78 Å². The second kappa shape index (κ2) is 3.27. The number of allylic oxidation sites excluding steroid dienone is 1. The van der Waals surface area contributed by atoms with Crippen molar-refractivity contribution in [3.63, 3.8) is 0 Å².